The average molecular weight is 334 g/mol. The number of likely N-dealkylation sites (tertiary alicyclic amines) is 1. The Morgan fingerprint density at radius 1 is 1.35 bits per heavy atom. The number of nitrogens with zero attached hydrogens (tertiary/aromatic N) is 4. The highest BCUT2D eigenvalue weighted by Crippen LogP contribution is 2.26. The molecule has 1 aliphatic heterocycles. The van der Waals surface area contributed by atoms with Gasteiger partial charge in [0.2, 0.25) is 5.91 Å². The Bertz CT molecular complexity index is 679. The first-order valence-corrected chi connectivity index (χ1v) is 8.13. The number of carbonyl (C=O) groups excluding carboxylic acids is 1. The first-order chi connectivity index (χ1) is 11.1. The molecule has 2 heterocycles. The van der Waals surface area contributed by atoms with Gasteiger partial charge >= 0.3 is 0 Å². The first-order valence-electron chi connectivity index (χ1n) is 7.75. The molecule has 7 heteroatoms. The van der Waals surface area contributed by atoms with E-state index in [9.17, 15) is 4.79 Å². The predicted molar refractivity (Wildman–Crippen MR) is 89.5 cm³/mol. The van der Waals surface area contributed by atoms with Gasteiger partial charge in [0.25, 0.3) is 0 Å². The molecule has 23 heavy (non-hydrogen) atoms. The van der Waals surface area contributed by atoms with E-state index in [0.717, 1.165) is 37.4 Å². The Kier molecular flexibility index (Phi) is 4.81. The normalized spacial score (nSPS) is 15.7. The maximum Gasteiger partial charge on any atom is 0.241 e. The molecule has 0 aliphatic carbocycles. The SMILES string of the molecule is Cn1cnnc1C1CCN(C(=O)CNc2ccccc2Cl)CC1. The molecule has 1 N–H and O–H groups in total. The second-order valence-electron chi connectivity index (χ2n) is 5.79. The number of aromatic nitrogens is 3. The van der Waals surface area contributed by atoms with Crippen LogP contribution in [-0.4, -0.2) is 45.2 Å². The van der Waals surface area contributed by atoms with E-state index in [1.165, 1.54) is 0 Å². The van der Waals surface area contributed by atoms with Crippen LogP contribution in [0.1, 0.15) is 24.6 Å². The lowest BCUT2D eigenvalue weighted by Crippen LogP contribution is -2.41. The van der Waals surface area contributed by atoms with Crippen LogP contribution in [0.5, 0.6) is 0 Å². The fourth-order valence-electron chi connectivity index (χ4n) is 2.94. The minimum absolute atomic E-state index is 0.0985. The van der Waals surface area contributed by atoms with Crippen molar-refractivity contribution in [3.8, 4) is 0 Å². The fourth-order valence-corrected chi connectivity index (χ4v) is 3.14. The molecule has 3 rings (SSSR count). The number of nitrogens with one attached hydrogen (secondary N) is 1. The molecule has 1 aromatic heterocycles. The Labute approximate surface area is 140 Å². The van der Waals surface area contributed by atoms with Gasteiger partial charge in [0, 0.05) is 26.1 Å². The lowest BCUT2D eigenvalue weighted by molar-refractivity contribution is -0.130. The first kappa shape index (κ1) is 15.8. The summed E-state index contributed by atoms with van der Waals surface area (Å²) in [6.07, 6.45) is 3.56. The summed E-state index contributed by atoms with van der Waals surface area (Å²) in [5, 5.41) is 11.8. The van der Waals surface area contributed by atoms with Crippen molar-refractivity contribution in [1.29, 1.82) is 0 Å². The van der Waals surface area contributed by atoms with Gasteiger partial charge < -0.3 is 14.8 Å². The topological polar surface area (TPSA) is 63.1 Å². The Balaban J connectivity index is 1.51. The van der Waals surface area contributed by atoms with Crippen molar-refractivity contribution in [3.63, 3.8) is 0 Å². The van der Waals surface area contributed by atoms with Gasteiger partial charge in [-0.3, -0.25) is 4.79 Å². The average Bonchev–Trinajstić information content (AvgIpc) is 3.00. The molecule has 1 amide bonds. The zero-order chi connectivity index (χ0) is 16.2. The summed E-state index contributed by atoms with van der Waals surface area (Å²) in [7, 11) is 1.96. The van der Waals surface area contributed by atoms with Gasteiger partial charge in [-0.1, -0.05) is 23.7 Å². The Hall–Kier alpha value is -2.08. The zero-order valence-corrected chi connectivity index (χ0v) is 13.8. The van der Waals surface area contributed by atoms with Gasteiger partial charge in [-0.25, -0.2) is 0 Å². The van der Waals surface area contributed by atoms with E-state index in [-0.39, 0.29) is 12.5 Å². The molecule has 1 saturated heterocycles. The van der Waals surface area contributed by atoms with Crippen LogP contribution in [0, 0.1) is 0 Å². The van der Waals surface area contributed by atoms with E-state index in [4.69, 9.17) is 11.6 Å². The number of rotatable bonds is 4. The Morgan fingerprint density at radius 3 is 2.74 bits per heavy atom. The van der Waals surface area contributed by atoms with Crippen LogP contribution in [-0.2, 0) is 11.8 Å². The van der Waals surface area contributed by atoms with E-state index < -0.39 is 0 Å². The number of aryl methyl sites for hydroxylation is 1. The number of amides is 1. The van der Waals surface area contributed by atoms with Crippen LogP contribution >= 0.6 is 11.6 Å². The van der Waals surface area contributed by atoms with Crippen molar-refractivity contribution in [1.82, 2.24) is 19.7 Å². The highest BCUT2D eigenvalue weighted by atomic mass is 35.5. The van der Waals surface area contributed by atoms with Crippen molar-refractivity contribution in [2.75, 3.05) is 25.0 Å². The van der Waals surface area contributed by atoms with Crippen LogP contribution in [0.3, 0.4) is 0 Å². The van der Waals surface area contributed by atoms with Crippen LogP contribution in [0.2, 0.25) is 5.02 Å². The summed E-state index contributed by atoms with van der Waals surface area (Å²) in [5.41, 5.74) is 0.788. The van der Waals surface area contributed by atoms with Crippen molar-refractivity contribution in [3.05, 3.63) is 41.4 Å². The second-order valence-corrected chi connectivity index (χ2v) is 6.20. The summed E-state index contributed by atoms with van der Waals surface area (Å²) in [6, 6.07) is 7.44. The fraction of sp³-hybridized carbons (Fsp3) is 0.438. The number of halogens is 1. The molecule has 0 atom stereocenters. The molecular formula is C16H20ClN5O. The molecule has 6 nitrogen and oxygen atoms in total. The minimum atomic E-state index is 0.0985. The van der Waals surface area contributed by atoms with Crippen LogP contribution < -0.4 is 5.32 Å². The number of hydrogen-bond acceptors (Lipinski definition) is 4. The number of hydrogen-bond donors (Lipinski definition) is 1. The van der Waals surface area contributed by atoms with Crippen LogP contribution in [0.15, 0.2) is 30.6 Å². The number of piperidine rings is 1. The monoisotopic (exact) mass is 333 g/mol. The summed E-state index contributed by atoms with van der Waals surface area (Å²) in [6.45, 7) is 1.76. The summed E-state index contributed by atoms with van der Waals surface area (Å²) in [5.74, 6) is 1.48. The van der Waals surface area contributed by atoms with Gasteiger partial charge in [-0.2, -0.15) is 0 Å². The molecule has 0 unspecified atom stereocenters. The lowest BCUT2D eigenvalue weighted by atomic mass is 9.96. The van der Waals surface area contributed by atoms with Gasteiger partial charge in [0.15, 0.2) is 0 Å². The highest BCUT2D eigenvalue weighted by Gasteiger charge is 2.26. The van der Waals surface area contributed by atoms with E-state index >= 15 is 0 Å². The van der Waals surface area contributed by atoms with Gasteiger partial charge in [0.1, 0.15) is 12.2 Å². The second kappa shape index (κ2) is 7.00. The zero-order valence-electron chi connectivity index (χ0n) is 13.1. The minimum Gasteiger partial charge on any atom is -0.375 e. The van der Waals surface area contributed by atoms with Gasteiger partial charge in [-0.15, -0.1) is 10.2 Å². The molecule has 0 bridgehead atoms. The molecule has 1 aliphatic rings. The number of para-hydroxylation sites is 1. The van der Waals surface area contributed by atoms with Crippen molar-refractivity contribution in [2.45, 2.75) is 18.8 Å². The van der Waals surface area contributed by atoms with Crippen molar-refractivity contribution < 1.29 is 4.79 Å². The molecule has 122 valence electrons. The third-order valence-corrected chi connectivity index (χ3v) is 4.59. The summed E-state index contributed by atoms with van der Waals surface area (Å²) >= 11 is 6.08. The molecule has 1 aromatic carbocycles. The maximum absolute atomic E-state index is 12.3. The van der Waals surface area contributed by atoms with E-state index in [1.54, 1.807) is 12.4 Å². The van der Waals surface area contributed by atoms with Crippen LogP contribution in [0.4, 0.5) is 5.69 Å². The van der Waals surface area contributed by atoms with E-state index in [2.05, 4.69) is 15.5 Å². The largest absolute Gasteiger partial charge is 0.375 e. The molecule has 2 aromatic rings. The molecule has 0 spiro atoms. The van der Waals surface area contributed by atoms with E-state index in [0.29, 0.717) is 10.9 Å². The Morgan fingerprint density at radius 2 is 2.09 bits per heavy atom. The summed E-state index contributed by atoms with van der Waals surface area (Å²) < 4.78 is 1.96. The molecular weight excluding hydrogens is 314 g/mol. The standard InChI is InChI=1S/C16H20ClN5O/c1-21-11-19-20-16(21)12-6-8-22(9-7-12)15(23)10-18-14-5-3-2-4-13(14)17/h2-5,11-12,18H,6-10H2,1H3. The highest BCUT2D eigenvalue weighted by molar-refractivity contribution is 6.33. The smallest absolute Gasteiger partial charge is 0.241 e. The maximum atomic E-state index is 12.3. The molecule has 0 saturated carbocycles. The molecule has 0 radical (unpaired) electrons. The third kappa shape index (κ3) is 3.64. The lowest BCUT2D eigenvalue weighted by Gasteiger charge is -2.31. The van der Waals surface area contributed by atoms with Crippen molar-refractivity contribution >= 4 is 23.2 Å². The number of carbonyl (C=O) groups is 1. The van der Waals surface area contributed by atoms with E-state index in [1.807, 2.05) is 34.7 Å². The number of benzene rings is 1. The quantitative estimate of drug-likeness (QED) is 0.932. The van der Waals surface area contributed by atoms with Gasteiger partial charge in [0.05, 0.1) is 17.3 Å². The van der Waals surface area contributed by atoms with Crippen molar-refractivity contribution in [2.24, 2.45) is 7.05 Å². The molecule has 1 fully saturated rings. The summed E-state index contributed by atoms with van der Waals surface area (Å²) in [4.78, 5) is 14.2. The van der Waals surface area contributed by atoms with Crippen LogP contribution in [0.25, 0.3) is 0 Å². The predicted octanol–water partition coefficient (Wildman–Crippen LogP) is 2.29. The third-order valence-electron chi connectivity index (χ3n) is 4.26. The van der Waals surface area contributed by atoms with Gasteiger partial charge in [-0.05, 0) is 25.0 Å². The number of anilines is 1.